The van der Waals surface area contributed by atoms with Crippen LogP contribution >= 0.6 is 0 Å². The monoisotopic (exact) mass is 213 g/mol. The van der Waals surface area contributed by atoms with Crippen LogP contribution in [0, 0.1) is 0 Å². The Morgan fingerprint density at radius 3 is 2.88 bits per heavy atom. The summed E-state index contributed by atoms with van der Waals surface area (Å²) in [7, 11) is 2.06. The first-order chi connectivity index (χ1) is 7.51. The van der Waals surface area contributed by atoms with Crippen LogP contribution in [0.1, 0.15) is 19.4 Å². The molecule has 2 aromatic rings. The first kappa shape index (κ1) is 9.46. The summed E-state index contributed by atoms with van der Waals surface area (Å²) in [6.45, 7) is 8.59. The molecular formula is C13H15N3. The molecule has 1 aromatic heterocycles. The van der Waals surface area contributed by atoms with Crippen molar-refractivity contribution in [3.63, 3.8) is 0 Å². The summed E-state index contributed by atoms with van der Waals surface area (Å²) in [5, 5.41) is 0. The van der Waals surface area contributed by atoms with Crippen molar-refractivity contribution in [1.29, 1.82) is 0 Å². The topological polar surface area (TPSA) is 31.9 Å². The summed E-state index contributed by atoms with van der Waals surface area (Å²) in [6.07, 6.45) is 1.74. The van der Waals surface area contributed by atoms with Crippen molar-refractivity contribution in [3.05, 3.63) is 36.3 Å². The van der Waals surface area contributed by atoms with Gasteiger partial charge in [-0.2, -0.15) is 0 Å². The fourth-order valence-corrected chi connectivity index (χ4v) is 2.47. The highest BCUT2D eigenvalue weighted by molar-refractivity contribution is 5.85. The summed E-state index contributed by atoms with van der Waals surface area (Å²) in [6, 6.07) is 4.31. The Morgan fingerprint density at radius 1 is 1.38 bits per heavy atom. The highest BCUT2D eigenvalue weighted by Crippen LogP contribution is 2.46. The summed E-state index contributed by atoms with van der Waals surface area (Å²) in [4.78, 5) is 9.61. The molecule has 1 aliphatic heterocycles. The van der Waals surface area contributed by atoms with E-state index in [1.54, 1.807) is 6.33 Å². The van der Waals surface area contributed by atoms with Gasteiger partial charge in [0.1, 0.15) is 0 Å². The van der Waals surface area contributed by atoms with E-state index in [0.29, 0.717) is 0 Å². The molecule has 0 saturated carbocycles. The molecule has 0 saturated heterocycles. The molecule has 0 atom stereocenters. The molecule has 3 nitrogen and oxygen atoms in total. The van der Waals surface area contributed by atoms with Gasteiger partial charge in [-0.15, -0.1) is 0 Å². The number of rotatable bonds is 0. The van der Waals surface area contributed by atoms with Crippen molar-refractivity contribution in [2.24, 2.45) is 0 Å². The number of hydrogen-bond acceptors (Lipinski definition) is 2. The van der Waals surface area contributed by atoms with E-state index in [1.165, 1.54) is 11.3 Å². The SMILES string of the molecule is C=C1N(C)c2cc3nc[nH]c3cc2C1(C)C. The van der Waals surface area contributed by atoms with Gasteiger partial charge in [0, 0.05) is 23.8 Å². The zero-order chi connectivity index (χ0) is 11.5. The van der Waals surface area contributed by atoms with Crippen LogP contribution in [0.4, 0.5) is 5.69 Å². The molecule has 1 N–H and O–H groups in total. The Balaban J connectivity index is 2.38. The molecule has 16 heavy (non-hydrogen) atoms. The minimum Gasteiger partial charge on any atom is -0.348 e. The fraction of sp³-hybridized carbons (Fsp3) is 0.308. The van der Waals surface area contributed by atoms with Gasteiger partial charge in [-0.1, -0.05) is 20.4 Å². The van der Waals surface area contributed by atoms with E-state index < -0.39 is 0 Å². The van der Waals surface area contributed by atoms with E-state index >= 15 is 0 Å². The molecule has 0 fully saturated rings. The zero-order valence-corrected chi connectivity index (χ0v) is 9.83. The van der Waals surface area contributed by atoms with Crippen LogP contribution < -0.4 is 4.90 Å². The lowest BCUT2D eigenvalue weighted by Crippen LogP contribution is -2.21. The van der Waals surface area contributed by atoms with Gasteiger partial charge in [-0.05, 0) is 17.7 Å². The third kappa shape index (κ3) is 0.953. The van der Waals surface area contributed by atoms with Crippen LogP contribution in [-0.4, -0.2) is 17.0 Å². The molecule has 3 heteroatoms. The highest BCUT2D eigenvalue weighted by atomic mass is 15.2. The normalized spacial score (nSPS) is 18.2. The Kier molecular flexibility index (Phi) is 1.58. The lowest BCUT2D eigenvalue weighted by molar-refractivity contribution is 0.643. The molecule has 3 rings (SSSR count). The molecule has 0 bridgehead atoms. The number of anilines is 1. The molecule has 0 amide bonds. The Labute approximate surface area is 94.8 Å². The molecular weight excluding hydrogens is 198 g/mol. The largest absolute Gasteiger partial charge is 0.348 e. The number of nitrogens with zero attached hydrogens (tertiary/aromatic N) is 2. The molecule has 1 aliphatic rings. The maximum absolute atomic E-state index is 4.29. The third-order valence-corrected chi connectivity index (χ3v) is 3.70. The van der Waals surface area contributed by atoms with Crippen LogP contribution in [-0.2, 0) is 5.41 Å². The van der Waals surface area contributed by atoms with Crippen LogP contribution in [0.25, 0.3) is 11.0 Å². The predicted molar refractivity (Wildman–Crippen MR) is 66.7 cm³/mol. The van der Waals surface area contributed by atoms with Gasteiger partial charge in [0.2, 0.25) is 0 Å². The fourth-order valence-electron chi connectivity index (χ4n) is 2.47. The van der Waals surface area contributed by atoms with Crippen molar-refractivity contribution in [2.75, 3.05) is 11.9 Å². The van der Waals surface area contributed by atoms with Gasteiger partial charge in [0.05, 0.1) is 17.4 Å². The maximum atomic E-state index is 4.29. The number of hydrogen-bond donors (Lipinski definition) is 1. The minimum atomic E-state index is 0.00336. The van der Waals surface area contributed by atoms with Crippen molar-refractivity contribution < 1.29 is 0 Å². The van der Waals surface area contributed by atoms with Gasteiger partial charge in [0.25, 0.3) is 0 Å². The van der Waals surface area contributed by atoms with E-state index in [9.17, 15) is 0 Å². The van der Waals surface area contributed by atoms with Gasteiger partial charge in [-0.3, -0.25) is 0 Å². The number of likely N-dealkylation sites (N-methyl/N-ethyl adjacent to an activating group) is 1. The second-order valence-corrected chi connectivity index (χ2v) is 4.92. The average Bonchev–Trinajstić information content (AvgIpc) is 2.76. The number of allylic oxidation sites excluding steroid dienone is 1. The van der Waals surface area contributed by atoms with E-state index in [-0.39, 0.29) is 5.41 Å². The Morgan fingerprint density at radius 2 is 2.12 bits per heavy atom. The van der Waals surface area contributed by atoms with Gasteiger partial charge >= 0.3 is 0 Å². The molecule has 0 radical (unpaired) electrons. The van der Waals surface area contributed by atoms with Gasteiger partial charge < -0.3 is 9.88 Å². The number of imidazole rings is 1. The summed E-state index contributed by atoms with van der Waals surface area (Å²) in [5.41, 5.74) is 5.77. The first-order valence-electron chi connectivity index (χ1n) is 5.42. The van der Waals surface area contributed by atoms with Crippen LogP contribution in [0.15, 0.2) is 30.7 Å². The average molecular weight is 213 g/mol. The molecule has 0 aliphatic carbocycles. The summed E-state index contributed by atoms with van der Waals surface area (Å²) < 4.78 is 0. The quantitative estimate of drug-likeness (QED) is 0.729. The molecule has 82 valence electrons. The van der Waals surface area contributed by atoms with E-state index in [1.807, 2.05) is 0 Å². The van der Waals surface area contributed by atoms with Gasteiger partial charge in [-0.25, -0.2) is 4.98 Å². The van der Waals surface area contributed by atoms with Crippen molar-refractivity contribution in [2.45, 2.75) is 19.3 Å². The highest BCUT2D eigenvalue weighted by Gasteiger charge is 2.37. The smallest absolute Gasteiger partial charge is 0.0931 e. The van der Waals surface area contributed by atoms with Crippen LogP contribution in [0.3, 0.4) is 0 Å². The molecule has 1 aromatic carbocycles. The summed E-state index contributed by atoms with van der Waals surface area (Å²) in [5.74, 6) is 0. The summed E-state index contributed by atoms with van der Waals surface area (Å²) >= 11 is 0. The second-order valence-electron chi connectivity index (χ2n) is 4.92. The lowest BCUT2D eigenvalue weighted by atomic mass is 9.84. The number of nitrogens with one attached hydrogen (secondary N) is 1. The maximum Gasteiger partial charge on any atom is 0.0931 e. The lowest BCUT2D eigenvalue weighted by Gasteiger charge is -2.22. The van der Waals surface area contributed by atoms with E-state index in [0.717, 1.165) is 16.7 Å². The number of aromatic amines is 1. The second kappa shape index (κ2) is 2.67. The number of fused-ring (bicyclic) bond motifs is 2. The molecule has 2 heterocycles. The predicted octanol–water partition coefficient (Wildman–Crippen LogP) is 2.80. The Bertz CT molecular complexity index is 592. The first-order valence-corrected chi connectivity index (χ1v) is 5.42. The number of aromatic nitrogens is 2. The number of benzene rings is 1. The third-order valence-electron chi connectivity index (χ3n) is 3.70. The van der Waals surface area contributed by atoms with E-state index in [4.69, 9.17) is 0 Å². The van der Waals surface area contributed by atoms with Crippen molar-refractivity contribution >= 4 is 16.7 Å². The van der Waals surface area contributed by atoms with E-state index in [2.05, 4.69) is 54.5 Å². The van der Waals surface area contributed by atoms with Gasteiger partial charge in [0.15, 0.2) is 0 Å². The van der Waals surface area contributed by atoms with Crippen molar-refractivity contribution in [3.8, 4) is 0 Å². The number of H-pyrrole nitrogens is 1. The standard InChI is InChI=1S/C13H15N3/c1-8-13(2,3)9-5-10-11(15-7-14-10)6-12(9)16(8)4/h5-7H,1H2,2-4H3,(H,14,15). The zero-order valence-electron chi connectivity index (χ0n) is 9.83. The van der Waals surface area contributed by atoms with Crippen LogP contribution in [0.5, 0.6) is 0 Å². The molecule has 0 spiro atoms. The van der Waals surface area contributed by atoms with Crippen LogP contribution in [0.2, 0.25) is 0 Å². The minimum absolute atomic E-state index is 0.00336. The molecule has 0 unspecified atom stereocenters. The van der Waals surface area contributed by atoms with Crippen molar-refractivity contribution in [1.82, 2.24) is 9.97 Å². The Hall–Kier alpha value is -1.77.